The summed E-state index contributed by atoms with van der Waals surface area (Å²) in [5, 5.41) is 0. The van der Waals surface area contributed by atoms with Crippen LogP contribution in [0.4, 0.5) is 0 Å². The van der Waals surface area contributed by atoms with E-state index in [0.29, 0.717) is 12.2 Å². The van der Waals surface area contributed by atoms with Gasteiger partial charge in [0.1, 0.15) is 6.61 Å². The minimum atomic E-state index is -0.431. The number of rotatable bonds is 4. The van der Waals surface area contributed by atoms with E-state index in [4.69, 9.17) is 14.0 Å². The van der Waals surface area contributed by atoms with Gasteiger partial charge in [-0.2, -0.15) is 0 Å². The molecule has 0 amide bonds. The molecule has 126 valence electrons. The van der Waals surface area contributed by atoms with Crippen molar-refractivity contribution in [1.82, 2.24) is 0 Å². The van der Waals surface area contributed by atoms with Crippen LogP contribution < -0.4 is 0 Å². The Morgan fingerprint density at radius 1 is 1.08 bits per heavy atom. The molecule has 0 spiro atoms. The summed E-state index contributed by atoms with van der Waals surface area (Å²) in [5.74, 6) is 1.46. The molecule has 1 atom stereocenters. The van der Waals surface area contributed by atoms with Crippen LogP contribution >= 0.6 is 0 Å². The van der Waals surface area contributed by atoms with Crippen LogP contribution in [-0.2, 0) is 18.8 Å². The van der Waals surface area contributed by atoms with Gasteiger partial charge in [-0.3, -0.25) is 0 Å². The van der Waals surface area contributed by atoms with Crippen molar-refractivity contribution in [1.29, 1.82) is 0 Å². The van der Waals surface area contributed by atoms with Crippen LogP contribution in [0.15, 0.2) is 54.0 Å². The maximum Gasteiger partial charge on any atom is 0.486 e. The Kier molecular flexibility index (Phi) is 4.41. The molecule has 1 aromatic rings. The van der Waals surface area contributed by atoms with E-state index in [0.717, 1.165) is 5.56 Å². The number of benzene rings is 1. The second kappa shape index (κ2) is 6.23. The van der Waals surface area contributed by atoms with Gasteiger partial charge < -0.3 is 14.0 Å². The minimum Gasteiger partial charge on any atom is -0.458 e. The monoisotopic (exact) mass is 326 g/mol. The highest BCUT2D eigenvalue weighted by Gasteiger charge is 2.50. The lowest BCUT2D eigenvalue weighted by Gasteiger charge is -2.32. The molecule has 2 aliphatic rings. The van der Waals surface area contributed by atoms with Crippen LogP contribution in [-0.4, -0.2) is 30.9 Å². The van der Waals surface area contributed by atoms with Crippen molar-refractivity contribution in [3.63, 3.8) is 0 Å². The first kappa shape index (κ1) is 17.0. The lowest BCUT2D eigenvalue weighted by molar-refractivity contribution is -0.136. The van der Waals surface area contributed by atoms with Gasteiger partial charge in [0, 0.05) is 11.5 Å². The van der Waals surface area contributed by atoms with E-state index in [1.807, 2.05) is 76.2 Å². The summed E-state index contributed by atoms with van der Waals surface area (Å²) < 4.78 is 17.1. The highest BCUT2D eigenvalue weighted by Crippen LogP contribution is 2.37. The van der Waals surface area contributed by atoms with Crippen molar-refractivity contribution >= 4 is 13.1 Å². The van der Waals surface area contributed by atoms with Gasteiger partial charge in [0.2, 0.25) is 0 Å². The predicted molar refractivity (Wildman–Crippen MR) is 93.4 cm³/mol. The molecule has 0 radical (unpaired) electrons. The molecule has 2 heterocycles. The molecule has 3 rings (SSSR count). The van der Waals surface area contributed by atoms with Gasteiger partial charge in [0.15, 0.2) is 0 Å². The Balaban J connectivity index is 1.84. The molecular weight excluding hydrogens is 303 g/mol. The Labute approximate surface area is 143 Å². The van der Waals surface area contributed by atoms with Gasteiger partial charge in [-0.25, -0.2) is 4.79 Å². The topological polar surface area (TPSA) is 44.8 Å². The molecule has 1 aromatic carbocycles. The molecule has 4 nitrogen and oxygen atoms in total. The highest BCUT2D eigenvalue weighted by molar-refractivity contribution is 6.51. The molecule has 2 aliphatic heterocycles. The third kappa shape index (κ3) is 3.19. The third-order valence-corrected chi connectivity index (χ3v) is 4.98. The summed E-state index contributed by atoms with van der Waals surface area (Å²) in [5.41, 5.74) is 0.940. The zero-order valence-corrected chi connectivity index (χ0v) is 14.6. The first-order valence-electron chi connectivity index (χ1n) is 8.26. The second-order valence-electron chi connectivity index (χ2n) is 7.16. The average molecular weight is 326 g/mol. The maximum atomic E-state index is 12.0. The van der Waals surface area contributed by atoms with Crippen LogP contribution in [0.3, 0.4) is 0 Å². The molecule has 0 bridgehead atoms. The SMILES string of the molecule is CC1(C)OB(/C=C/[C@@H](C2=CCOC2=O)c2ccccc2)OC1(C)C. The molecule has 0 N–H and O–H groups in total. The lowest BCUT2D eigenvalue weighted by Crippen LogP contribution is -2.41. The van der Waals surface area contributed by atoms with Gasteiger partial charge >= 0.3 is 13.1 Å². The van der Waals surface area contributed by atoms with Crippen LogP contribution in [0.25, 0.3) is 0 Å². The summed E-state index contributed by atoms with van der Waals surface area (Å²) in [7, 11) is -0.431. The van der Waals surface area contributed by atoms with Crippen LogP contribution in [0.5, 0.6) is 0 Å². The summed E-state index contributed by atoms with van der Waals surface area (Å²) in [4.78, 5) is 12.0. The largest absolute Gasteiger partial charge is 0.486 e. The summed E-state index contributed by atoms with van der Waals surface area (Å²) in [6.07, 6.45) is 3.81. The summed E-state index contributed by atoms with van der Waals surface area (Å²) in [6, 6.07) is 9.90. The molecule has 24 heavy (non-hydrogen) atoms. The van der Waals surface area contributed by atoms with Crippen molar-refractivity contribution in [2.24, 2.45) is 0 Å². The molecule has 0 aliphatic carbocycles. The number of carbonyl (C=O) groups excluding carboxylic acids is 1. The van der Waals surface area contributed by atoms with Crippen LogP contribution in [0.2, 0.25) is 0 Å². The van der Waals surface area contributed by atoms with E-state index in [-0.39, 0.29) is 23.1 Å². The van der Waals surface area contributed by atoms with E-state index in [1.54, 1.807) is 0 Å². The van der Waals surface area contributed by atoms with E-state index < -0.39 is 7.12 Å². The van der Waals surface area contributed by atoms with E-state index in [1.165, 1.54) is 0 Å². The Morgan fingerprint density at radius 2 is 1.71 bits per heavy atom. The van der Waals surface area contributed by atoms with E-state index in [2.05, 4.69) is 0 Å². The Morgan fingerprint density at radius 3 is 2.25 bits per heavy atom. The molecule has 5 heteroatoms. The van der Waals surface area contributed by atoms with Crippen molar-refractivity contribution < 1.29 is 18.8 Å². The number of ether oxygens (including phenoxy) is 1. The van der Waals surface area contributed by atoms with Crippen molar-refractivity contribution in [2.75, 3.05) is 6.61 Å². The van der Waals surface area contributed by atoms with Gasteiger partial charge in [-0.05, 0) is 39.3 Å². The first-order chi connectivity index (χ1) is 11.3. The fourth-order valence-electron chi connectivity index (χ4n) is 2.85. The molecule has 0 unspecified atom stereocenters. The first-order valence-corrected chi connectivity index (χ1v) is 8.26. The molecular formula is C19H23BO4. The molecule has 1 saturated heterocycles. The Bertz CT molecular complexity index is 660. The number of hydrogen-bond donors (Lipinski definition) is 0. The summed E-state index contributed by atoms with van der Waals surface area (Å²) >= 11 is 0. The smallest absolute Gasteiger partial charge is 0.458 e. The van der Waals surface area contributed by atoms with Crippen molar-refractivity contribution in [3.05, 3.63) is 59.6 Å². The van der Waals surface area contributed by atoms with Gasteiger partial charge in [0.25, 0.3) is 0 Å². The van der Waals surface area contributed by atoms with Gasteiger partial charge in [0.05, 0.1) is 11.2 Å². The zero-order chi connectivity index (χ0) is 17.4. The van der Waals surface area contributed by atoms with E-state index in [9.17, 15) is 4.79 Å². The Hall–Kier alpha value is -1.85. The third-order valence-electron chi connectivity index (χ3n) is 4.98. The number of hydrogen-bond acceptors (Lipinski definition) is 4. The van der Waals surface area contributed by atoms with Crippen molar-refractivity contribution in [2.45, 2.75) is 44.8 Å². The standard InChI is InChI=1S/C19H23BO4/c1-18(2)19(3,4)24-20(23-18)12-10-15(14-8-6-5-7-9-14)16-11-13-22-17(16)21/h5-12,15H,13H2,1-4H3/b12-10+/t15-/m1/s1. The predicted octanol–water partition coefficient (Wildman–Crippen LogP) is 3.44. The molecule has 0 aromatic heterocycles. The average Bonchev–Trinajstić information content (AvgIpc) is 3.02. The molecule has 0 saturated carbocycles. The maximum absolute atomic E-state index is 12.0. The molecule has 1 fully saturated rings. The number of esters is 1. The summed E-state index contributed by atoms with van der Waals surface area (Å²) in [6.45, 7) is 8.42. The zero-order valence-electron chi connectivity index (χ0n) is 14.6. The van der Waals surface area contributed by atoms with Crippen LogP contribution in [0.1, 0.15) is 39.2 Å². The number of carbonyl (C=O) groups is 1. The normalized spacial score (nSPS) is 23.4. The van der Waals surface area contributed by atoms with Gasteiger partial charge in [-0.15, -0.1) is 0 Å². The fraction of sp³-hybridized carbons (Fsp3) is 0.421. The van der Waals surface area contributed by atoms with Gasteiger partial charge in [-0.1, -0.05) is 42.4 Å². The lowest BCUT2D eigenvalue weighted by atomic mass is 9.83. The second-order valence-corrected chi connectivity index (χ2v) is 7.16. The van der Waals surface area contributed by atoms with Crippen LogP contribution in [0, 0.1) is 0 Å². The van der Waals surface area contributed by atoms with Crippen molar-refractivity contribution in [3.8, 4) is 0 Å². The highest BCUT2D eigenvalue weighted by atomic mass is 16.7. The quantitative estimate of drug-likeness (QED) is 0.628. The number of allylic oxidation sites excluding steroid dienone is 1. The van der Waals surface area contributed by atoms with E-state index >= 15 is 0 Å². The fourth-order valence-corrected chi connectivity index (χ4v) is 2.85. The minimum absolute atomic E-state index is 0.166. The number of cyclic esters (lactones) is 1.